The molecule has 1 unspecified atom stereocenters. The molecule has 18 heavy (non-hydrogen) atoms. The van der Waals surface area contributed by atoms with Crippen LogP contribution in [-0.2, 0) is 0 Å². The largest absolute Gasteiger partial charge is 0.453 e. The molecule has 0 radical (unpaired) electrons. The molecule has 2 heterocycles. The van der Waals surface area contributed by atoms with Crippen LogP contribution >= 0.6 is 23.2 Å². The number of rotatable bonds is 4. The van der Waals surface area contributed by atoms with Gasteiger partial charge in [-0.1, -0.05) is 11.6 Å². The molecule has 0 saturated heterocycles. The van der Waals surface area contributed by atoms with E-state index in [-0.39, 0.29) is 12.1 Å². The predicted octanol–water partition coefficient (Wildman–Crippen LogP) is 3.67. The number of hydrogen-bond donors (Lipinski definition) is 1. The van der Waals surface area contributed by atoms with E-state index in [0.717, 1.165) is 11.3 Å². The van der Waals surface area contributed by atoms with Gasteiger partial charge in [-0.05, 0) is 38.6 Å². The highest BCUT2D eigenvalue weighted by Crippen LogP contribution is 2.33. The summed E-state index contributed by atoms with van der Waals surface area (Å²) in [7, 11) is 1.85. The Labute approximate surface area is 116 Å². The molecule has 98 valence electrons. The maximum Gasteiger partial charge on any atom is 0.198 e. The first-order valence-electron chi connectivity index (χ1n) is 5.69. The molecule has 0 spiro atoms. The second kappa shape index (κ2) is 5.34. The molecule has 0 saturated carbocycles. The van der Waals surface area contributed by atoms with Gasteiger partial charge in [0, 0.05) is 11.6 Å². The number of furan rings is 1. The Bertz CT molecular complexity index is 533. The van der Waals surface area contributed by atoms with Crippen LogP contribution in [0.1, 0.15) is 37.2 Å². The van der Waals surface area contributed by atoms with E-state index in [1.807, 2.05) is 17.8 Å². The predicted molar refractivity (Wildman–Crippen MR) is 72.2 cm³/mol. The molecule has 2 aromatic rings. The van der Waals surface area contributed by atoms with Gasteiger partial charge in [-0.15, -0.1) is 0 Å². The number of nitrogens with one attached hydrogen (secondary N) is 1. The summed E-state index contributed by atoms with van der Waals surface area (Å²) in [6, 6.07) is 1.90. The molecule has 0 bridgehead atoms. The van der Waals surface area contributed by atoms with Crippen molar-refractivity contribution in [3.63, 3.8) is 0 Å². The molecule has 0 aromatic carbocycles. The fourth-order valence-corrected chi connectivity index (χ4v) is 2.45. The van der Waals surface area contributed by atoms with Gasteiger partial charge in [0.2, 0.25) is 0 Å². The standard InChI is InChI=1S/C12H15Cl2N3O/c1-7(2)17-11(9(13)6-16-17)10(15-3)8-4-5-18-12(8)14/h4-7,10,15H,1-3H3. The van der Waals surface area contributed by atoms with Crippen LogP contribution < -0.4 is 5.32 Å². The van der Waals surface area contributed by atoms with Gasteiger partial charge in [0.05, 0.1) is 29.2 Å². The third kappa shape index (κ3) is 2.28. The first kappa shape index (κ1) is 13.5. The van der Waals surface area contributed by atoms with Gasteiger partial charge in [0.1, 0.15) is 0 Å². The second-order valence-corrected chi connectivity index (χ2v) is 5.04. The Balaban J connectivity index is 2.52. The van der Waals surface area contributed by atoms with Crippen LogP contribution in [0.4, 0.5) is 0 Å². The molecule has 1 atom stereocenters. The van der Waals surface area contributed by atoms with E-state index in [1.54, 1.807) is 12.5 Å². The minimum absolute atomic E-state index is 0.145. The van der Waals surface area contributed by atoms with E-state index in [4.69, 9.17) is 27.6 Å². The summed E-state index contributed by atoms with van der Waals surface area (Å²) in [5.41, 5.74) is 1.74. The van der Waals surface area contributed by atoms with E-state index in [0.29, 0.717) is 10.2 Å². The lowest BCUT2D eigenvalue weighted by Crippen LogP contribution is -2.22. The van der Waals surface area contributed by atoms with Crippen molar-refractivity contribution in [3.8, 4) is 0 Å². The first-order valence-corrected chi connectivity index (χ1v) is 6.45. The zero-order chi connectivity index (χ0) is 13.3. The van der Waals surface area contributed by atoms with Crippen LogP contribution in [0.2, 0.25) is 10.2 Å². The fraction of sp³-hybridized carbons (Fsp3) is 0.417. The normalized spacial score (nSPS) is 13.2. The summed E-state index contributed by atoms with van der Waals surface area (Å²) in [4.78, 5) is 0. The lowest BCUT2D eigenvalue weighted by Gasteiger charge is -2.19. The minimum atomic E-state index is -0.145. The van der Waals surface area contributed by atoms with Gasteiger partial charge in [-0.25, -0.2) is 0 Å². The summed E-state index contributed by atoms with van der Waals surface area (Å²) in [6.07, 6.45) is 3.21. The highest BCUT2D eigenvalue weighted by Gasteiger charge is 2.25. The van der Waals surface area contributed by atoms with Crippen molar-refractivity contribution in [2.75, 3.05) is 7.05 Å². The molecule has 0 amide bonds. The number of nitrogens with zero attached hydrogens (tertiary/aromatic N) is 2. The quantitative estimate of drug-likeness (QED) is 0.933. The molecule has 0 aliphatic rings. The Morgan fingerprint density at radius 2 is 2.11 bits per heavy atom. The van der Waals surface area contributed by atoms with Gasteiger partial charge < -0.3 is 9.73 Å². The first-order chi connectivity index (χ1) is 8.56. The van der Waals surface area contributed by atoms with Crippen molar-refractivity contribution in [1.29, 1.82) is 0 Å². The SMILES string of the molecule is CNC(c1ccoc1Cl)c1c(Cl)cnn1C(C)C. The van der Waals surface area contributed by atoms with Crippen molar-refractivity contribution in [3.05, 3.63) is 40.0 Å². The fourth-order valence-electron chi connectivity index (χ4n) is 1.98. The molecule has 4 nitrogen and oxygen atoms in total. The van der Waals surface area contributed by atoms with Gasteiger partial charge in [-0.2, -0.15) is 5.10 Å². The van der Waals surface area contributed by atoms with Crippen molar-refractivity contribution in [2.45, 2.75) is 25.9 Å². The Hall–Kier alpha value is -0.970. The smallest absolute Gasteiger partial charge is 0.198 e. The minimum Gasteiger partial charge on any atom is -0.453 e. The topological polar surface area (TPSA) is 43.0 Å². The highest BCUT2D eigenvalue weighted by atomic mass is 35.5. The summed E-state index contributed by atoms with van der Waals surface area (Å²) in [5, 5.41) is 8.46. The maximum atomic E-state index is 6.23. The zero-order valence-electron chi connectivity index (χ0n) is 10.4. The van der Waals surface area contributed by atoms with Crippen LogP contribution in [0, 0.1) is 0 Å². The molecule has 1 N–H and O–H groups in total. The van der Waals surface area contributed by atoms with Gasteiger partial charge in [0.25, 0.3) is 0 Å². The van der Waals surface area contributed by atoms with E-state index in [2.05, 4.69) is 24.3 Å². The highest BCUT2D eigenvalue weighted by molar-refractivity contribution is 6.31. The monoisotopic (exact) mass is 287 g/mol. The molecular weight excluding hydrogens is 273 g/mol. The average Bonchev–Trinajstić information content (AvgIpc) is 2.89. The molecule has 0 fully saturated rings. The van der Waals surface area contributed by atoms with Crippen LogP contribution in [0.5, 0.6) is 0 Å². The molecule has 0 aliphatic carbocycles. The maximum absolute atomic E-state index is 6.23. The summed E-state index contributed by atoms with van der Waals surface area (Å²) >= 11 is 12.3. The van der Waals surface area contributed by atoms with Crippen molar-refractivity contribution >= 4 is 23.2 Å². The molecule has 6 heteroatoms. The molecule has 0 aliphatic heterocycles. The van der Waals surface area contributed by atoms with Crippen LogP contribution in [-0.4, -0.2) is 16.8 Å². The van der Waals surface area contributed by atoms with E-state index >= 15 is 0 Å². The number of halogens is 2. The van der Waals surface area contributed by atoms with Gasteiger partial charge in [-0.3, -0.25) is 4.68 Å². The summed E-state index contributed by atoms with van der Waals surface area (Å²) in [5.74, 6) is 0. The Kier molecular flexibility index (Phi) is 4.00. The Morgan fingerprint density at radius 3 is 2.61 bits per heavy atom. The van der Waals surface area contributed by atoms with Crippen molar-refractivity contribution in [2.24, 2.45) is 0 Å². The number of hydrogen-bond acceptors (Lipinski definition) is 3. The van der Waals surface area contributed by atoms with Crippen molar-refractivity contribution in [1.82, 2.24) is 15.1 Å². The zero-order valence-corrected chi connectivity index (χ0v) is 12.0. The molecule has 2 rings (SSSR count). The lowest BCUT2D eigenvalue weighted by molar-refractivity contribution is 0.481. The number of aromatic nitrogens is 2. The summed E-state index contributed by atoms with van der Waals surface area (Å²) < 4.78 is 7.02. The molecular formula is C12H15Cl2N3O. The van der Waals surface area contributed by atoms with E-state index in [1.165, 1.54) is 0 Å². The van der Waals surface area contributed by atoms with E-state index < -0.39 is 0 Å². The average molecular weight is 288 g/mol. The van der Waals surface area contributed by atoms with Gasteiger partial charge >= 0.3 is 0 Å². The van der Waals surface area contributed by atoms with Crippen LogP contribution in [0.3, 0.4) is 0 Å². The third-order valence-electron chi connectivity index (χ3n) is 2.80. The van der Waals surface area contributed by atoms with Gasteiger partial charge in [0.15, 0.2) is 5.22 Å². The molecule has 2 aromatic heterocycles. The summed E-state index contributed by atoms with van der Waals surface area (Å²) in [6.45, 7) is 4.10. The third-order valence-corrected chi connectivity index (χ3v) is 3.39. The Morgan fingerprint density at radius 1 is 1.39 bits per heavy atom. The lowest BCUT2D eigenvalue weighted by atomic mass is 10.1. The van der Waals surface area contributed by atoms with Crippen molar-refractivity contribution < 1.29 is 4.42 Å². The second-order valence-electron chi connectivity index (χ2n) is 4.29. The van der Waals surface area contributed by atoms with E-state index in [9.17, 15) is 0 Å². The van der Waals surface area contributed by atoms with Crippen LogP contribution in [0.15, 0.2) is 22.9 Å². The van der Waals surface area contributed by atoms with Crippen LogP contribution in [0.25, 0.3) is 0 Å².